The van der Waals surface area contributed by atoms with Gasteiger partial charge in [0.05, 0.1) is 11.1 Å². The van der Waals surface area contributed by atoms with E-state index < -0.39 is 27.5 Å². The summed E-state index contributed by atoms with van der Waals surface area (Å²) in [5.41, 5.74) is 6.20. The van der Waals surface area contributed by atoms with Gasteiger partial charge in [0.15, 0.2) is 5.03 Å². The monoisotopic (exact) mass is 515 g/mol. The average Bonchev–Trinajstić information content (AvgIpc) is 2.81. The van der Waals surface area contributed by atoms with Gasteiger partial charge >= 0.3 is 5.97 Å². The number of nitrogens with one attached hydrogen (secondary N) is 1. The van der Waals surface area contributed by atoms with Crippen LogP contribution in [0.1, 0.15) is 74.7 Å². The summed E-state index contributed by atoms with van der Waals surface area (Å²) in [5.74, 6) is -1.03. The van der Waals surface area contributed by atoms with E-state index in [9.17, 15) is 23.1 Å². The van der Waals surface area contributed by atoms with Gasteiger partial charge in [0.25, 0.3) is 10.0 Å². The molecule has 9 nitrogen and oxygen atoms in total. The predicted molar refractivity (Wildman–Crippen MR) is 136 cm³/mol. The highest BCUT2D eigenvalue weighted by Crippen LogP contribution is 2.37. The van der Waals surface area contributed by atoms with Gasteiger partial charge in [-0.2, -0.15) is 8.42 Å². The molecule has 3 rings (SSSR count). The van der Waals surface area contributed by atoms with Crippen molar-refractivity contribution in [3.05, 3.63) is 65.1 Å². The van der Waals surface area contributed by atoms with E-state index in [1.807, 2.05) is 19.9 Å². The molecule has 1 aromatic carbocycles. The number of esters is 1. The van der Waals surface area contributed by atoms with Crippen molar-refractivity contribution in [3.8, 4) is 0 Å². The zero-order chi connectivity index (χ0) is 26.3. The zero-order valence-corrected chi connectivity index (χ0v) is 21.4. The van der Waals surface area contributed by atoms with E-state index in [0.29, 0.717) is 36.9 Å². The number of aliphatic hydroxyl groups excluding tert-OH is 1. The molecule has 0 fully saturated rings. The number of nitrogens with two attached hydrogens (primary N) is 1. The van der Waals surface area contributed by atoms with Crippen molar-refractivity contribution in [3.63, 3.8) is 0 Å². The molecule has 1 aliphatic heterocycles. The normalized spacial score (nSPS) is 15.4. The molecule has 36 heavy (non-hydrogen) atoms. The number of aliphatic hydroxyl groups is 1. The molecule has 0 radical (unpaired) electrons. The van der Waals surface area contributed by atoms with Crippen molar-refractivity contribution < 1.29 is 27.9 Å². The fourth-order valence-corrected chi connectivity index (χ4v) is 5.52. The molecule has 0 bridgehead atoms. The van der Waals surface area contributed by atoms with Gasteiger partial charge in [-0.05, 0) is 61.9 Å². The number of carbonyl (C=O) groups is 2. The van der Waals surface area contributed by atoms with E-state index >= 15 is 0 Å². The quantitative estimate of drug-likeness (QED) is 0.355. The highest BCUT2D eigenvalue weighted by molar-refractivity contribution is 7.92. The number of cyclic esters (lactones) is 1. The minimum Gasteiger partial charge on any atom is -0.512 e. The first-order chi connectivity index (χ1) is 17.1. The Morgan fingerprint density at radius 3 is 2.47 bits per heavy atom. The first kappa shape index (κ1) is 27.2. The van der Waals surface area contributed by atoms with E-state index in [1.54, 1.807) is 18.2 Å². The molecule has 0 aliphatic carbocycles. The van der Waals surface area contributed by atoms with Crippen molar-refractivity contribution in [2.24, 2.45) is 5.73 Å². The van der Waals surface area contributed by atoms with E-state index in [2.05, 4.69) is 9.71 Å². The highest BCUT2D eigenvalue weighted by atomic mass is 32.2. The van der Waals surface area contributed by atoms with Gasteiger partial charge in [-0.1, -0.05) is 38.8 Å². The third-order valence-electron chi connectivity index (χ3n) is 6.17. The summed E-state index contributed by atoms with van der Waals surface area (Å²) in [5, 5.41) is 10.4. The molecule has 0 saturated heterocycles. The fraction of sp³-hybridized carbons (Fsp3) is 0.423. The van der Waals surface area contributed by atoms with Crippen LogP contribution in [0.5, 0.6) is 0 Å². The number of hydrogen-bond donors (Lipinski definition) is 3. The van der Waals surface area contributed by atoms with Crippen molar-refractivity contribution in [1.82, 2.24) is 4.98 Å². The van der Waals surface area contributed by atoms with Crippen LogP contribution in [0, 0.1) is 0 Å². The summed E-state index contributed by atoms with van der Waals surface area (Å²) >= 11 is 0. The lowest BCUT2D eigenvalue weighted by molar-refractivity contribution is -0.161. The lowest BCUT2D eigenvalue weighted by Crippen LogP contribution is -2.40. The van der Waals surface area contributed by atoms with Gasteiger partial charge in [0, 0.05) is 18.3 Å². The largest absolute Gasteiger partial charge is 0.512 e. The van der Waals surface area contributed by atoms with Crippen molar-refractivity contribution >= 4 is 27.6 Å². The van der Waals surface area contributed by atoms with Crippen LogP contribution >= 0.6 is 0 Å². The van der Waals surface area contributed by atoms with E-state index in [-0.39, 0.29) is 16.3 Å². The maximum atomic E-state index is 12.7. The lowest BCUT2D eigenvalue weighted by atomic mass is 9.84. The van der Waals surface area contributed by atoms with Crippen LogP contribution < -0.4 is 10.5 Å². The molecule has 2 aromatic rings. The van der Waals surface area contributed by atoms with Gasteiger partial charge in [-0.3, -0.25) is 9.52 Å². The molecule has 10 heteroatoms. The smallest absolute Gasteiger partial charge is 0.337 e. The molecular formula is C26H33N3O6S. The fourth-order valence-electron chi connectivity index (χ4n) is 4.54. The number of nitrogens with zero attached hydrogens (tertiary/aromatic N) is 1. The molecule has 4 N–H and O–H groups in total. The first-order valence-electron chi connectivity index (χ1n) is 12.1. The third kappa shape index (κ3) is 6.63. The molecule has 0 unspecified atom stereocenters. The Morgan fingerprint density at radius 1 is 1.17 bits per heavy atom. The summed E-state index contributed by atoms with van der Waals surface area (Å²) in [6.07, 6.45) is 6.15. The number of ether oxygens (including phenoxy) is 1. The Bertz CT molecular complexity index is 1230. The lowest BCUT2D eigenvalue weighted by Gasteiger charge is -2.37. The summed E-state index contributed by atoms with van der Waals surface area (Å²) in [6.45, 7) is 4.07. The second kappa shape index (κ2) is 11.6. The first-order valence-corrected chi connectivity index (χ1v) is 13.6. The van der Waals surface area contributed by atoms with Crippen LogP contribution in [0.2, 0.25) is 0 Å². The SMILES string of the molecule is CCCC1(CCC)CC(O)=C(CCCc2cccc(NS(=O)(=O)c3ccc(C(N)=O)cn3)c2)C(=O)O1. The Balaban J connectivity index is 1.63. The Kier molecular flexibility index (Phi) is 8.73. The van der Waals surface area contributed by atoms with Crippen LogP contribution in [0.3, 0.4) is 0 Å². The second-order valence-corrected chi connectivity index (χ2v) is 10.7. The van der Waals surface area contributed by atoms with Crippen LogP contribution in [-0.2, 0) is 26.0 Å². The summed E-state index contributed by atoms with van der Waals surface area (Å²) < 4.78 is 33.6. The average molecular weight is 516 g/mol. The molecule has 0 spiro atoms. The standard InChI is InChI=1S/C26H33N3O6S/c1-3-13-26(14-4-2)16-22(30)21(25(32)35-26)10-6-8-18-7-5-9-20(15-18)29-36(33,34)23-12-11-19(17-28-23)24(27)31/h5,7,9,11-12,15,17,29-30H,3-4,6,8,10,13-14,16H2,1-2H3,(H2,27,31). The molecule has 1 aliphatic rings. The van der Waals surface area contributed by atoms with E-state index in [4.69, 9.17) is 10.5 Å². The summed E-state index contributed by atoms with van der Waals surface area (Å²) in [6, 6.07) is 9.43. The third-order valence-corrected chi connectivity index (χ3v) is 7.47. The number of hydrogen-bond acceptors (Lipinski definition) is 7. The van der Waals surface area contributed by atoms with Crippen LogP contribution in [0.4, 0.5) is 5.69 Å². The Morgan fingerprint density at radius 2 is 1.89 bits per heavy atom. The minimum absolute atomic E-state index is 0.111. The molecular weight excluding hydrogens is 482 g/mol. The van der Waals surface area contributed by atoms with Crippen molar-refractivity contribution in [2.45, 2.75) is 75.8 Å². The maximum Gasteiger partial charge on any atom is 0.337 e. The van der Waals surface area contributed by atoms with Crippen LogP contribution in [0.15, 0.2) is 59.0 Å². The number of sulfonamides is 1. The van der Waals surface area contributed by atoms with E-state index in [0.717, 1.165) is 37.4 Å². The topological polar surface area (TPSA) is 149 Å². The number of amides is 1. The van der Waals surface area contributed by atoms with Gasteiger partial charge in [-0.25, -0.2) is 9.78 Å². The van der Waals surface area contributed by atoms with Gasteiger partial charge < -0.3 is 15.6 Å². The number of aromatic nitrogens is 1. The zero-order valence-electron chi connectivity index (χ0n) is 20.6. The molecule has 2 heterocycles. The molecule has 1 aromatic heterocycles. The molecule has 0 saturated carbocycles. The number of pyridine rings is 1. The summed E-state index contributed by atoms with van der Waals surface area (Å²) in [7, 11) is -3.96. The Labute approximate surface area is 211 Å². The highest BCUT2D eigenvalue weighted by Gasteiger charge is 2.40. The van der Waals surface area contributed by atoms with E-state index in [1.165, 1.54) is 12.1 Å². The number of carbonyl (C=O) groups excluding carboxylic acids is 2. The molecule has 0 atom stereocenters. The van der Waals surface area contributed by atoms with Gasteiger partial charge in [0.1, 0.15) is 11.4 Å². The minimum atomic E-state index is -3.96. The van der Waals surface area contributed by atoms with Crippen LogP contribution in [0.25, 0.3) is 0 Å². The van der Waals surface area contributed by atoms with Gasteiger partial charge in [0.2, 0.25) is 5.91 Å². The molecule has 1 amide bonds. The van der Waals surface area contributed by atoms with Crippen molar-refractivity contribution in [1.29, 1.82) is 0 Å². The number of anilines is 1. The predicted octanol–water partition coefficient (Wildman–Crippen LogP) is 4.40. The molecule has 194 valence electrons. The van der Waals surface area contributed by atoms with Crippen molar-refractivity contribution in [2.75, 3.05) is 4.72 Å². The van der Waals surface area contributed by atoms with Crippen LogP contribution in [-0.4, -0.2) is 36.0 Å². The number of primary amides is 1. The number of benzene rings is 1. The second-order valence-electron chi connectivity index (χ2n) is 9.08. The Hall–Kier alpha value is -3.40. The number of aryl methyl sites for hydroxylation is 1. The maximum absolute atomic E-state index is 12.7. The van der Waals surface area contributed by atoms with Gasteiger partial charge in [-0.15, -0.1) is 0 Å². The number of rotatable bonds is 12. The summed E-state index contributed by atoms with van der Waals surface area (Å²) in [4.78, 5) is 27.7.